The fourth-order valence-electron chi connectivity index (χ4n) is 4.53. The van der Waals surface area contributed by atoms with Crippen LogP contribution in [0.1, 0.15) is 42.9 Å². The van der Waals surface area contributed by atoms with Crippen LogP contribution in [0.5, 0.6) is 0 Å². The van der Waals surface area contributed by atoms with Crippen LogP contribution in [0.15, 0.2) is 24.3 Å². The molecule has 3 atom stereocenters. The molecule has 0 aliphatic heterocycles. The predicted molar refractivity (Wildman–Crippen MR) is 86.0 cm³/mol. The Hall–Kier alpha value is -1.77. The molecule has 1 aromatic heterocycles. The second-order valence-corrected chi connectivity index (χ2v) is 6.87. The van der Waals surface area contributed by atoms with Crippen molar-refractivity contribution in [2.75, 3.05) is 5.73 Å². The lowest BCUT2D eigenvalue weighted by molar-refractivity contribution is 0.411. The molecule has 110 valence electrons. The van der Waals surface area contributed by atoms with E-state index in [-0.39, 0.29) is 0 Å². The molecule has 21 heavy (non-hydrogen) atoms. The summed E-state index contributed by atoms with van der Waals surface area (Å²) in [6.07, 6.45) is 5.50. The Bertz CT molecular complexity index is 686. The monoisotopic (exact) mass is 281 g/mol. The predicted octanol–water partition coefficient (Wildman–Crippen LogP) is 3.88. The summed E-state index contributed by atoms with van der Waals surface area (Å²) in [7, 11) is 1.97. The fourth-order valence-corrected chi connectivity index (χ4v) is 4.53. The van der Waals surface area contributed by atoms with Gasteiger partial charge in [-0.3, -0.25) is 4.68 Å². The quantitative estimate of drug-likeness (QED) is 0.907. The van der Waals surface area contributed by atoms with Gasteiger partial charge in [0.15, 0.2) is 0 Å². The topological polar surface area (TPSA) is 43.8 Å². The highest BCUT2D eigenvalue weighted by Crippen LogP contribution is 2.54. The molecule has 0 spiro atoms. The normalized spacial score (nSPS) is 27.4. The first kappa shape index (κ1) is 12.9. The molecule has 2 aliphatic carbocycles. The van der Waals surface area contributed by atoms with Crippen LogP contribution in [0, 0.1) is 18.8 Å². The van der Waals surface area contributed by atoms with E-state index in [2.05, 4.69) is 31.2 Å². The van der Waals surface area contributed by atoms with Gasteiger partial charge in [-0.2, -0.15) is 5.10 Å². The zero-order valence-corrected chi connectivity index (χ0v) is 12.8. The third kappa shape index (κ3) is 1.90. The standard InChI is InChI=1S/C18H23N3/c1-11-5-3-4-6-14(11)16-17(20-21(2)18(16)19)15-10-12-7-8-13(15)9-12/h3-6,12-13,15H,7-10,19H2,1-2H3. The van der Waals surface area contributed by atoms with Gasteiger partial charge < -0.3 is 5.73 Å². The molecule has 2 N–H and O–H groups in total. The number of hydrogen-bond donors (Lipinski definition) is 1. The van der Waals surface area contributed by atoms with Crippen molar-refractivity contribution >= 4 is 5.82 Å². The molecule has 2 saturated carbocycles. The zero-order chi connectivity index (χ0) is 14.6. The summed E-state index contributed by atoms with van der Waals surface area (Å²) >= 11 is 0. The third-order valence-corrected chi connectivity index (χ3v) is 5.62. The van der Waals surface area contributed by atoms with Crippen LogP contribution in [-0.2, 0) is 7.05 Å². The summed E-state index contributed by atoms with van der Waals surface area (Å²) in [5, 5.41) is 4.82. The van der Waals surface area contributed by atoms with Gasteiger partial charge in [0, 0.05) is 18.5 Å². The Morgan fingerprint density at radius 3 is 2.67 bits per heavy atom. The van der Waals surface area contributed by atoms with Gasteiger partial charge in [-0.05, 0) is 49.1 Å². The number of anilines is 1. The smallest absolute Gasteiger partial charge is 0.129 e. The summed E-state index contributed by atoms with van der Waals surface area (Å²) in [5.41, 5.74) is 11.3. The highest BCUT2D eigenvalue weighted by molar-refractivity contribution is 5.79. The van der Waals surface area contributed by atoms with E-state index in [1.165, 1.54) is 48.1 Å². The Morgan fingerprint density at radius 2 is 2.00 bits per heavy atom. The van der Waals surface area contributed by atoms with Crippen LogP contribution in [0.3, 0.4) is 0 Å². The first-order valence-electron chi connectivity index (χ1n) is 8.03. The lowest BCUT2D eigenvalue weighted by Crippen LogP contribution is -2.10. The van der Waals surface area contributed by atoms with Crippen molar-refractivity contribution in [2.24, 2.45) is 18.9 Å². The van der Waals surface area contributed by atoms with Gasteiger partial charge in [0.25, 0.3) is 0 Å². The van der Waals surface area contributed by atoms with Crippen molar-refractivity contribution in [1.29, 1.82) is 0 Å². The van der Waals surface area contributed by atoms with Crippen molar-refractivity contribution in [3.63, 3.8) is 0 Å². The summed E-state index contributed by atoms with van der Waals surface area (Å²) in [6.45, 7) is 2.16. The first-order chi connectivity index (χ1) is 10.1. The first-order valence-corrected chi connectivity index (χ1v) is 8.03. The number of rotatable bonds is 2. The van der Waals surface area contributed by atoms with Crippen LogP contribution in [0.25, 0.3) is 11.1 Å². The van der Waals surface area contributed by atoms with Crippen molar-refractivity contribution in [3.05, 3.63) is 35.5 Å². The molecular formula is C18H23N3. The largest absolute Gasteiger partial charge is 0.383 e. The Kier molecular flexibility index (Phi) is 2.84. The van der Waals surface area contributed by atoms with Crippen LogP contribution < -0.4 is 5.73 Å². The number of nitrogens with two attached hydrogens (primary N) is 1. The molecule has 0 amide bonds. The van der Waals surface area contributed by atoms with Crippen molar-refractivity contribution in [1.82, 2.24) is 9.78 Å². The van der Waals surface area contributed by atoms with E-state index in [4.69, 9.17) is 10.8 Å². The molecule has 0 saturated heterocycles. The Morgan fingerprint density at radius 1 is 1.19 bits per heavy atom. The molecule has 1 heterocycles. The van der Waals surface area contributed by atoms with E-state index in [0.717, 1.165) is 17.7 Å². The molecule has 2 fully saturated rings. The number of nitrogens with zero attached hydrogens (tertiary/aromatic N) is 2. The van der Waals surface area contributed by atoms with Crippen LogP contribution in [0.4, 0.5) is 5.82 Å². The summed E-state index contributed by atoms with van der Waals surface area (Å²) < 4.78 is 1.86. The summed E-state index contributed by atoms with van der Waals surface area (Å²) in [4.78, 5) is 0. The molecule has 1 aromatic carbocycles. The average Bonchev–Trinajstić information content (AvgIpc) is 3.16. The number of benzene rings is 1. The minimum atomic E-state index is 0.613. The maximum Gasteiger partial charge on any atom is 0.129 e. The maximum atomic E-state index is 6.37. The third-order valence-electron chi connectivity index (χ3n) is 5.62. The second-order valence-electron chi connectivity index (χ2n) is 6.87. The number of aromatic nitrogens is 2. The molecule has 2 bridgehead atoms. The van der Waals surface area contributed by atoms with Gasteiger partial charge in [-0.15, -0.1) is 0 Å². The highest BCUT2D eigenvalue weighted by Gasteiger charge is 2.42. The van der Waals surface area contributed by atoms with Crippen LogP contribution >= 0.6 is 0 Å². The van der Waals surface area contributed by atoms with E-state index >= 15 is 0 Å². The molecule has 3 nitrogen and oxygen atoms in total. The molecular weight excluding hydrogens is 258 g/mol. The Balaban J connectivity index is 1.85. The lowest BCUT2D eigenvalue weighted by atomic mass is 9.83. The highest BCUT2D eigenvalue weighted by atomic mass is 15.3. The molecule has 3 heteroatoms. The van der Waals surface area contributed by atoms with Gasteiger partial charge >= 0.3 is 0 Å². The molecule has 0 radical (unpaired) electrons. The van der Waals surface area contributed by atoms with Crippen molar-refractivity contribution in [3.8, 4) is 11.1 Å². The van der Waals surface area contributed by atoms with Gasteiger partial charge in [0.05, 0.1) is 5.69 Å². The van der Waals surface area contributed by atoms with E-state index < -0.39 is 0 Å². The van der Waals surface area contributed by atoms with Gasteiger partial charge in [-0.25, -0.2) is 0 Å². The average molecular weight is 281 g/mol. The summed E-state index contributed by atoms with van der Waals surface area (Å²) in [6, 6.07) is 8.52. The Labute approximate surface area is 126 Å². The number of nitrogen functional groups attached to an aromatic ring is 1. The van der Waals surface area contributed by atoms with E-state index in [9.17, 15) is 0 Å². The van der Waals surface area contributed by atoms with E-state index in [1.54, 1.807) is 0 Å². The number of aryl methyl sites for hydroxylation is 2. The van der Waals surface area contributed by atoms with Crippen LogP contribution in [-0.4, -0.2) is 9.78 Å². The number of fused-ring (bicyclic) bond motifs is 2. The maximum absolute atomic E-state index is 6.37. The van der Waals surface area contributed by atoms with Gasteiger partial charge in [0.2, 0.25) is 0 Å². The van der Waals surface area contributed by atoms with Crippen molar-refractivity contribution in [2.45, 2.75) is 38.5 Å². The zero-order valence-electron chi connectivity index (χ0n) is 12.8. The van der Waals surface area contributed by atoms with E-state index in [0.29, 0.717) is 5.92 Å². The second kappa shape index (κ2) is 4.62. The molecule has 3 unspecified atom stereocenters. The van der Waals surface area contributed by atoms with Crippen molar-refractivity contribution < 1.29 is 0 Å². The number of hydrogen-bond acceptors (Lipinski definition) is 2. The van der Waals surface area contributed by atoms with Gasteiger partial charge in [0.1, 0.15) is 5.82 Å². The van der Waals surface area contributed by atoms with Gasteiger partial charge in [-0.1, -0.05) is 30.7 Å². The summed E-state index contributed by atoms with van der Waals surface area (Å²) in [5.74, 6) is 3.17. The lowest BCUT2D eigenvalue weighted by Gasteiger charge is -2.21. The minimum Gasteiger partial charge on any atom is -0.383 e. The van der Waals surface area contributed by atoms with Crippen LogP contribution in [0.2, 0.25) is 0 Å². The minimum absolute atomic E-state index is 0.613. The molecule has 2 aliphatic rings. The fraction of sp³-hybridized carbons (Fsp3) is 0.500. The van der Waals surface area contributed by atoms with E-state index in [1.807, 2.05) is 11.7 Å². The molecule has 4 rings (SSSR count). The SMILES string of the molecule is Cc1ccccc1-c1c(C2CC3CCC2C3)nn(C)c1N. The molecule has 2 aromatic rings.